The molecule has 1 aromatic rings. The Balaban J connectivity index is 1.51. The molecule has 2 aliphatic heterocycles. The first-order valence-corrected chi connectivity index (χ1v) is 7.21. The Labute approximate surface area is 118 Å². The molecule has 2 fully saturated rings. The molecule has 0 saturated carbocycles. The smallest absolute Gasteiger partial charge is 0.323 e. The molecule has 0 spiro atoms. The topological polar surface area (TPSA) is 58.8 Å². The minimum Gasteiger partial charge on any atom is -0.461 e. The van der Waals surface area contributed by atoms with Gasteiger partial charge in [0.1, 0.15) is 17.9 Å². The molecule has 2 unspecified atom stereocenters. The summed E-state index contributed by atoms with van der Waals surface area (Å²) in [5.74, 6) is 0.791. The molecule has 2 atom stereocenters. The number of hydrogen-bond acceptors (Lipinski definition) is 6. The molecule has 0 aliphatic carbocycles. The molecule has 0 bridgehead atoms. The van der Waals surface area contributed by atoms with Crippen molar-refractivity contribution in [2.24, 2.45) is 0 Å². The van der Waals surface area contributed by atoms with Gasteiger partial charge in [-0.3, -0.25) is 14.6 Å². The quantitative estimate of drug-likeness (QED) is 0.763. The van der Waals surface area contributed by atoms with Crippen molar-refractivity contribution in [3.05, 3.63) is 17.5 Å². The largest absolute Gasteiger partial charge is 0.461 e. The van der Waals surface area contributed by atoms with Gasteiger partial charge in [-0.2, -0.15) is 0 Å². The van der Waals surface area contributed by atoms with Crippen LogP contribution in [-0.2, 0) is 16.1 Å². The zero-order valence-electron chi connectivity index (χ0n) is 12.0. The fourth-order valence-corrected chi connectivity index (χ4v) is 2.99. The molecule has 0 N–H and O–H groups in total. The highest BCUT2D eigenvalue weighted by molar-refractivity contribution is 5.78. The fraction of sp³-hybridized carbons (Fsp3) is 0.714. The Kier molecular flexibility index (Phi) is 3.76. The van der Waals surface area contributed by atoms with Crippen LogP contribution in [0.1, 0.15) is 24.8 Å². The van der Waals surface area contributed by atoms with Gasteiger partial charge in [0.2, 0.25) is 0 Å². The molecule has 2 aliphatic rings. The van der Waals surface area contributed by atoms with Gasteiger partial charge in [0.25, 0.3) is 0 Å². The summed E-state index contributed by atoms with van der Waals surface area (Å²) in [6.07, 6.45) is 0.880. The monoisotopic (exact) mass is 279 g/mol. The van der Waals surface area contributed by atoms with Crippen LogP contribution >= 0.6 is 0 Å². The number of nitrogens with zero attached hydrogens (tertiary/aromatic N) is 3. The van der Waals surface area contributed by atoms with Crippen molar-refractivity contribution in [2.45, 2.75) is 39.0 Å². The van der Waals surface area contributed by atoms with E-state index in [2.05, 4.69) is 15.0 Å². The van der Waals surface area contributed by atoms with Crippen LogP contribution in [0.5, 0.6) is 0 Å². The summed E-state index contributed by atoms with van der Waals surface area (Å²) in [6.45, 7) is 8.39. The van der Waals surface area contributed by atoms with Crippen LogP contribution in [-0.4, -0.2) is 59.3 Å². The van der Waals surface area contributed by atoms with E-state index in [0.29, 0.717) is 0 Å². The molecule has 6 heteroatoms. The van der Waals surface area contributed by atoms with E-state index in [1.807, 2.05) is 19.9 Å². The van der Waals surface area contributed by atoms with Crippen LogP contribution in [0.2, 0.25) is 0 Å². The van der Waals surface area contributed by atoms with Gasteiger partial charge < -0.3 is 9.26 Å². The molecule has 1 aromatic heterocycles. The summed E-state index contributed by atoms with van der Waals surface area (Å²) >= 11 is 0. The van der Waals surface area contributed by atoms with Crippen molar-refractivity contribution >= 4 is 5.97 Å². The van der Waals surface area contributed by atoms with Gasteiger partial charge in [-0.15, -0.1) is 0 Å². The number of ether oxygens (including phenoxy) is 1. The maximum absolute atomic E-state index is 11.8. The lowest BCUT2D eigenvalue weighted by Gasteiger charge is -2.36. The Bertz CT molecular complexity index is 480. The van der Waals surface area contributed by atoms with Crippen LogP contribution in [0.25, 0.3) is 0 Å². The highest BCUT2D eigenvalue weighted by Crippen LogP contribution is 2.21. The lowest BCUT2D eigenvalue weighted by Crippen LogP contribution is -2.51. The van der Waals surface area contributed by atoms with Gasteiger partial charge >= 0.3 is 5.97 Å². The highest BCUT2D eigenvalue weighted by Gasteiger charge is 2.37. The molecular weight excluding hydrogens is 258 g/mol. The number of hydrogen-bond donors (Lipinski definition) is 0. The Morgan fingerprint density at radius 2 is 2.10 bits per heavy atom. The third-order valence-electron chi connectivity index (χ3n) is 4.05. The number of aromatic nitrogens is 1. The number of cyclic esters (lactones) is 1. The van der Waals surface area contributed by atoms with E-state index in [9.17, 15) is 4.79 Å². The number of aryl methyl sites for hydroxylation is 1. The molecule has 0 radical (unpaired) electrons. The average Bonchev–Trinajstić information content (AvgIpc) is 2.96. The lowest BCUT2D eigenvalue weighted by atomic mass is 10.1. The van der Waals surface area contributed by atoms with E-state index >= 15 is 0 Å². The van der Waals surface area contributed by atoms with E-state index in [1.54, 1.807) is 0 Å². The van der Waals surface area contributed by atoms with Crippen molar-refractivity contribution in [2.75, 3.05) is 26.2 Å². The van der Waals surface area contributed by atoms with E-state index in [1.165, 1.54) is 0 Å². The number of rotatable bonds is 3. The van der Waals surface area contributed by atoms with Gasteiger partial charge in [-0.1, -0.05) is 5.16 Å². The lowest BCUT2D eigenvalue weighted by molar-refractivity contribution is -0.145. The van der Waals surface area contributed by atoms with E-state index in [0.717, 1.165) is 50.6 Å². The van der Waals surface area contributed by atoms with Crippen molar-refractivity contribution in [3.63, 3.8) is 0 Å². The van der Waals surface area contributed by atoms with Crippen LogP contribution < -0.4 is 0 Å². The molecule has 0 amide bonds. The summed E-state index contributed by atoms with van der Waals surface area (Å²) in [4.78, 5) is 16.4. The van der Waals surface area contributed by atoms with E-state index in [-0.39, 0.29) is 18.1 Å². The Hall–Kier alpha value is -1.40. The highest BCUT2D eigenvalue weighted by atomic mass is 16.6. The number of carbonyl (C=O) groups excluding carboxylic acids is 1. The van der Waals surface area contributed by atoms with E-state index in [4.69, 9.17) is 9.26 Å². The third-order valence-corrected chi connectivity index (χ3v) is 4.05. The predicted octanol–water partition coefficient (Wildman–Crippen LogP) is 0.805. The van der Waals surface area contributed by atoms with Gasteiger partial charge in [-0.25, -0.2) is 0 Å². The van der Waals surface area contributed by atoms with Crippen molar-refractivity contribution in [3.8, 4) is 0 Å². The van der Waals surface area contributed by atoms with Gasteiger partial charge in [0.05, 0.1) is 5.69 Å². The molecule has 3 heterocycles. The summed E-state index contributed by atoms with van der Waals surface area (Å²) in [6, 6.07) is 1.93. The number of esters is 1. The summed E-state index contributed by atoms with van der Waals surface area (Å²) in [5.41, 5.74) is 0.977. The molecule has 110 valence electrons. The predicted molar refractivity (Wildman–Crippen MR) is 72.0 cm³/mol. The van der Waals surface area contributed by atoms with E-state index < -0.39 is 0 Å². The summed E-state index contributed by atoms with van der Waals surface area (Å²) in [5, 5.41) is 4.02. The number of carbonyl (C=O) groups is 1. The average molecular weight is 279 g/mol. The maximum atomic E-state index is 11.8. The summed E-state index contributed by atoms with van der Waals surface area (Å²) in [7, 11) is 0. The molecule has 0 aromatic carbocycles. The molecule has 2 saturated heterocycles. The van der Waals surface area contributed by atoms with Crippen molar-refractivity contribution in [1.82, 2.24) is 15.0 Å². The standard InChI is InChI=1S/C14H21N3O3/c1-10-8-13(14(18)19-10)17-5-3-16(4-6-17)9-12-7-11(2)20-15-12/h7,10,13H,3-6,8-9H2,1-2H3. The SMILES string of the molecule is Cc1cc(CN2CCN(C3CC(C)OC3=O)CC2)no1. The molecule has 3 rings (SSSR count). The maximum Gasteiger partial charge on any atom is 0.323 e. The zero-order chi connectivity index (χ0) is 14.1. The first kappa shape index (κ1) is 13.6. The second-order valence-electron chi connectivity index (χ2n) is 5.74. The molecular formula is C14H21N3O3. The molecule has 20 heavy (non-hydrogen) atoms. The fourth-order valence-electron chi connectivity index (χ4n) is 2.99. The zero-order valence-corrected chi connectivity index (χ0v) is 12.0. The van der Waals surface area contributed by atoms with Crippen LogP contribution in [0.4, 0.5) is 0 Å². The summed E-state index contributed by atoms with van der Waals surface area (Å²) < 4.78 is 10.3. The Morgan fingerprint density at radius 1 is 1.35 bits per heavy atom. The third kappa shape index (κ3) is 2.86. The second-order valence-corrected chi connectivity index (χ2v) is 5.74. The first-order chi connectivity index (χ1) is 9.61. The van der Waals surface area contributed by atoms with Crippen LogP contribution in [0.15, 0.2) is 10.6 Å². The van der Waals surface area contributed by atoms with Crippen molar-refractivity contribution in [1.29, 1.82) is 0 Å². The Morgan fingerprint density at radius 3 is 2.65 bits per heavy atom. The number of piperazine rings is 1. The van der Waals surface area contributed by atoms with Gasteiger partial charge in [0.15, 0.2) is 0 Å². The normalized spacial score (nSPS) is 28.8. The van der Waals surface area contributed by atoms with Crippen LogP contribution in [0.3, 0.4) is 0 Å². The van der Waals surface area contributed by atoms with Crippen LogP contribution in [0, 0.1) is 6.92 Å². The second kappa shape index (κ2) is 5.54. The minimum atomic E-state index is -0.0573. The first-order valence-electron chi connectivity index (χ1n) is 7.21. The molecule has 6 nitrogen and oxygen atoms in total. The van der Waals surface area contributed by atoms with Crippen molar-refractivity contribution < 1.29 is 14.1 Å². The minimum absolute atomic E-state index is 0.0403. The van der Waals surface area contributed by atoms with Gasteiger partial charge in [-0.05, 0) is 13.8 Å². The van der Waals surface area contributed by atoms with Gasteiger partial charge in [0, 0.05) is 45.2 Å².